The number of nitrogens with one attached hydrogen (secondary N) is 1. The van der Waals surface area contributed by atoms with Crippen molar-refractivity contribution >= 4 is 17.5 Å². The van der Waals surface area contributed by atoms with Crippen LogP contribution in [-0.4, -0.2) is 26.0 Å². The predicted molar refractivity (Wildman–Crippen MR) is 91.2 cm³/mol. The molecule has 0 heterocycles. The molecule has 3 N–H and O–H groups in total. The van der Waals surface area contributed by atoms with Crippen molar-refractivity contribution in [2.45, 2.75) is 12.8 Å². The summed E-state index contributed by atoms with van der Waals surface area (Å²) in [5.74, 6) is 0.578. The average molecular weight is 328 g/mol. The Morgan fingerprint density at radius 3 is 2.42 bits per heavy atom. The van der Waals surface area contributed by atoms with E-state index in [1.165, 1.54) is 0 Å². The largest absolute Gasteiger partial charge is 0.497 e. The number of carbonyl (C=O) groups excluding carboxylic acids is 2. The molecule has 2 amide bonds. The van der Waals surface area contributed by atoms with Gasteiger partial charge in [0, 0.05) is 11.3 Å². The number of rotatable bonds is 7. The maximum Gasteiger partial charge on any atom is 0.228 e. The second-order valence-electron chi connectivity index (χ2n) is 5.20. The van der Waals surface area contributed by atoms with Crippen LogP contribution in [0, 0.1) is 0 Å². The van der Waals surface area contributed by atoms with Gasteiger partial charge in [-0.1, -0.05) is 18.2 Å². The zero-order valence-corrected chi connectivity index (χ0v) is 13.7. The third-order valence-corrected chi connectivity index (χ3v) is 3.49. The summed E-state index contributed by atoms with van der Waals surface area (Å²) >= 11 is 0. The smallest absolute Gasteiger partial charge is 0.228 e. The zero-order valence-electron chi connectivity index (χ0n) is 13.7. The number of nitrogens with two attached hydrogens (primary N) is 1. The lowest BCUT2D eigenvalue weighted by Crippen LogP contribution is -2.19. The highest BCUT2D eigenvalue weighted by Crippen LogP contribution is 2.25. The Bertz CT molecular complexity index is 744. The molecular weight excluding hydrogens is 308 g/mol. The predicted octanol–water partition coefficient (Wildman–Crippen LogP) is 1.91. The number of hydrogen-bond acceptors (Lipinski definition) is 4. The van der Waals surface area contributed by atoms with Gasteiger partial charge in [0.05, 0.1) is 27.1 Å². The Hall–Kier alpha value is -3.02. The van der Waals surface area contributed by atoms with Gasteiger partial charge in [-0.2, -0.15) is 0 Å². The molecule has 0 aliphatic heterocycles. The molecule has 2 aromatic carbocycles. The number of methoxy groups -OCH3 is 2. The Labute approximate surface area is 140 Å². The summed E-state index contributed by atoms with van der Waals surface area (Å²) in [7, 11) is 3.11. The van der Waals surface area contributed by atoms with E-state index in [1.54, 1.807) is 56.7 Å². The molecule has 126 valence electrons. The molecule has 0 saturated heterocycles. The first-order chi connectivity index (χ1) is 11.5. The Kier molecular flexibility index (Phi) is 5.78. The van der Waals surface area contributed by atoms with Gasteiger partial charge in [0.2, 0.25) is 11.8 Å². The number of para-hydroxylation sites is 1. The van der Waals surface area contributed by atoms with Gasteiger partial charge in [-0.05, 0) is 29.8 Å². The second-order valence-corrected chi connectivity index (χ2v) is 5.20. The minimum absolute atomic E-state index is 0.0684. The van der Waals surface area contributed by atoms with Crippen LogP contribution in [-0.2, 0) is 22.4 Å². The van der Waals surface area contributed by atoms with Crippen LogP contribution in [0.15, 0.2) is 42.5 Å². The quantitative estimate of drug-likeness (QED) is 0.812. The molecule has 0 unspecified atom stereocenters. The van der Waals surface area contributed by atoms with E-state index in [-0.39, 0.29) is 18.7 Å². The van der Waals surface area contributed by atoms with Gasteiger partial charge in [-0.25, -0.2) is 0 Å². The third kappa shape index (κ3) is 4.49. The Morgan fingerprint density at radius 1 is 1.00 bits per heavy atom. The van der Waals surface area contributed by atoms with Crippen LogP contribution in [0.3, 0.4) is 0 Å². The number of benzene rings is 2. The van der Waals surface area contributed by atoms with Gasteiger partial charge in [0.25, 0.3) is 0 Å². The molecule has 0 radical (unpaired) electrons. The summed E-state index contributed by atoms with van der Waals surface area (Å²) in [6, 6.07) is 12.3. The fourth-order valence-corrected chi connectivity index (χ4v) is 2.37. The Balaban J connectivity index is 2.16. The molecule has 0 aromatic heterocycles. The fourth-order valence-electron chi connectivity index (χ4n) is 2.37. The van der Waals surface area contributed by atoms with Crippen molar-refractivity contribution in [1.29, 1.82) is 0 Å². The summed E-state index contributed by atoms with van der Waals surface area (Å²) < 4.78 is 10.5. The maximum absolute atomic E-state index is 12.4. The highest BCUT2D eigenvalue weighted by molar-refractivity contribution is 5.94. The van der Waals surface area contributed by atoms with Crippen LogP contribution in [0.2, 0.25) is 0 Å². The first-order valence-corrected chi connectivity index (χ1v) is 7.40. The van der Waals surface area contributed by atoms with Crippen molar-refractivity contribution in [2.75, 3.05) is 19.5 Å². The molecule has 24 heavy (non-hydrogen) atoms. The van der Waals surface area contributed by atoms with Gasteiger partial charge < -0.3 is 20.5 Å². The van der Waals surface area contributed by atoms with Crippen LogP contribution in [0.5, 0.6) is 11.5 Å². The zero-order chi connectivity index (χ0) is 17.5. The molecule has 0 bridgehead atoms. The molecular formula is C18H20N2O4. The van der Waals surface area contributed by atoms with Crippen molar-refractivity contribution in [3.8, 4) is 11.5 Å². The first-order valence-electron chi connectivity index (χ1n) is 7.40. The Morgan fingerprint density at radius 2 is 1.75 bits per heavy atom. The van der Waals surface area contributed by atoms with Gasteiger partial charge >= 0.3 is 0 Å². The average Bonchev–Trinajstić information content (AvgIpc) is 2.56. The van der Waals surface area contributed by atoms with E-state index in [2.05, 4.69) is 5.32 Å². The highest BCUT2D eigenvalue weighted by Gasteiger charge is 2.12. The van der Waals surface area contributed by atoms with Crippen LogP contribution >= 0.6 is 0 Å². The second kappa shape index (κ2) is 8.01. The molecule has 0 aliphatic carbocycles. The van der Waals surface area contributed by atoms with E-state index in [1.807, 2.05) is 0 Å². The number of ether oxygens (including phenoxy) is 2. The number of anilines is 1. The van der Waals surface area contributed by atoms with Crippen LogP contribution in [0.1, 0.15) is 11.1 Å². The van der Waals surface area contributed by atoms with E-state index >= 15 is 0 Å². The van der Waals surface area contributed by atoms with Gasteiger partial charge in [0.1, 0.15) is 11.5 Å². The molecule has 6 nitrogen and oxygen atoms in total. The monoisotopic (exact) mass is 328 g/mol. The van der Waals surface area contributed by atoms with E-state index in [9.17, 15) is 9.59 Å². The summed E-state index contributed by atoms with van der Waals surface area (Å²) in [5.41, 5.74) is 7.19. The molecule has 2 aromatic rings. The van der Waals surface area contributed by atoms with Crippen LogP contribution in [0.25, 0.3) is 0 Å². The fraction of sp³-hybridized carbons (Fsp3) is 0.222. The van der Waals surface area contributed by atoms with E-state index in [4.69, 9.17) is 15.2 Å². The number of primary amides is 1. The van der Waals surface area contributed by atoms with Crippen molar-refractivity contribution in [1.82, 2.24) is 0 Å². The number of carbonyl (C=O) groups is 2. The lowest BCUT2D eigenvalue weighted by Gasteiger charge is -2.12. The molecule has 2 rings (SSSR count). The number of amides is 2. The summed E-state index contributed by atoms with van der Waals surface area (Å²) in [6.07, 6.45) is 0.185. The number of hydrogen-bond donors (Lipinski definition) is 2. The molecule has 0 atom stereocenters. The van der Waals surface area contributed by atoms with Crippen molar-refractivity contribution in [3.05, 3.63) is 53.6 Å². The minimum atomic E-state index is -0.453. The SMILES string of the molecule is COc1ccc(OC)c(CC(=O)Nc2ccccc2CC(N)=O)c1. The maximum atomic E-state index is 12.4. The van der Waals surface area contributed by atoms with E-state index in [0.717, 1.165) is 0 Å². The van der Waals surface area contributed by atoms with Gasteiger partial charge in [-0.15, -0.1) is 0 Å². The van der Waals surface area contributed by atoms with Crippen LogP contribution < -0.4 is 20.5 Å². The van der Waals surface area contributed by atoms with Crippen molar-refractivity contribution in [2.24, 2.45) is 5.73 Å². The third-order valence-electron chi connectivity index (χ3n) is 3.49. The van der Waals surface area contributed by atoms with Gasteiger partial charge in [0.15, 0.2) is 0 Å². The molecule has 6 heteroatoms. The molecule has 0 saturated carbocycles. The standard InChI is InChI=1S/C18H20N2O4/c1-23-14-7-8-16(24-2)13(9-14)11-18(22)20-15-6-4-3-5-12(15)10-17(19)21/h3-9H,10-11H2,1-2H3,(H2,19,21)(H,20,22). The lowest BCUT2D eigenvalue weighted by molar-refractivity contribution is -0.117. The minimum Gasteiger partial charge on any atom is -0.497 e. The lowest BCUT2D eigenvalue weighted by atomic mass is 10.1. The normalized spacial score (nSPS) is 10.1. The van der Waals surface area contributed by atoms with Crippen molar-refractivity contribution < 1.29 is 19.1 Å². The van der Waals surface area contributed by atoms with E-state index < -0.39 is 5.91 Å². The molecule has 0 spiro atoms. The summed E-state index contributed by atoms with van der Waals surface area (Å²) in [5, 5.41) is 2.81. The van der Waals surface area contributed by atoms with Crippen molar-refractivity contribution in [3.63, 3.8) is 0 Å². The summed E-state index contributed by atoms with van der Waals surface area (Å²) in [4.78, 5) is 23.5. The van der Waals surface area contributed by atoms with Crippen LogP contribution in [0.4, 0.5) is 5.69 Å². The highest BCUT2D eigenvalue weighted by atomic mass is 16.5. The topological polar surface area (TPSA) is 90.7 Å². The summed E-state index contributed by atoms with van der Waals surface area (Å²) in [6.45, 7) is 0. The first kappa shape index (κ1) is 17.3. The molecule has 0 fully saturated rings. The van der Waals surface area contributed by atoms with E-state index in [0.29, 0.717) is 28.3 Å². The molecule has 0 aliphatic rings. The van der Waals surface area contributed by atoms with Gasteiger partial charge in [-0.3, -0.25) is 9.59 Å².